The quantitative estimate of drug-likeness (QED) is 0.564. The Balaban J connectivity index is 2.78. The molecule has 0 bridgehead atoms. The summed E-state index contributed by atoms with van der Waals surface area (Å²) in [5.41, 5.74) is 5.42. The van der Waals surface area contributed by atoms with E-state index in [0.29, 0.717) is 6.42 Å². The molecule has 0 aliphatic carbocycles. The number of rotatable bonds is 2. The molecular formula is C14H18OSi. The number of hydrogen-bond acceptors (Lipinski definition) is 1. The second-order valence-electron chi connectivity index (χ2n) is 5.08. The molecule has 0 amide bonds. The van der Waals surface area contributed by atoms with Crippen LogP contribution < -0.4 is 0 Å². The lowest BCUT2D eigenvalue weighted by Gasteiger charge is -2.03. The van der Waals surface area contributed by atoms with Gasteiger partial charge in [-0.2, -0.15) is 0 Å². The monoisotopic (exact) mass is 230 g/mol. The number of ketones is 1. The number of hydrogen-bond donors (Lipinski definition) is 0. The van der Waals surface area contributed by atoms with Crippen molar-refractivity contribution in [2.24, 2.45) is 0 Å². The highest BCUT2D eigenvalue weighted by molar-refractivity contribution is 6.83. The first-order valence-corrected chi connectivity index (χ1v) is 8.98. The topological polar surface area (TPSA) is 17.1 Å². The van der Waals surface area contributed by atoms with Gasteiger partial charge in [0.1, 0.15) is 13.9 Å². The summed E-state index contributed by atoms with van der Waals surface area (Å²) < 4.78 is 0. The Bertz CT molecular complexity index is 427. The minimum Gasteiger partial charge on any atom is -0.300 e. The summed E-state index contributed by atoms with van der Waals surface area (Å²) in [6.45, 7) is 8.29. The van der Waals surface area contributed by atoms with Gasteiger partial charge in [0, 0.05) is 12.0 Å². The molecule has 16 heavy (non-hydrogen) atoms. The third-order valence-electron chi connectivity index (χ3n) is 1.99. The first-order chi connectivity index (χ1) is 7.37. The van der Waals surface area contributed by atoms with Crippen LogP contribution in [0.1, 0.15) is 18.1 Å². The van der Waals surface area contributed by atoms with E-state index in [2.05, 4.69) is 31.1 Å². The Labute approximate surface area is 98.9 Å². The fourth-order valence-electron chi connectivity index (χ4n) is 1.25. The molecule has 0 saturated heterocycles. The van der Waals surface area contributed by atoms with E-state index >= 15 is 0 Å². The van der Waals surface area contributed by atoms with Gasteiger partial charge in [-0.15, -0.1) is 5.54 Å². The normalized spacial score (nSPS) is 10.5. The maximum atomic E-state index is 10.9. The van der Waals surface area contributed by atoms with Gasteiger partial charge in [-0.05, 0) is 24.6 Å². The standard InChI is InChI=1S/C14H18OSi/c1-12(15)11-14-7-5-13(6-8-14)9-10-16(2,3)4/h5-8H,11H2,1-4H3. The molecular weight excluding hydrogens is 212 g/mol. The zero-order valence-corrected chi connectivity index (χ0v) is 11.4. The minimum atomic E-state index is -1.30. The molecule has 0 aromatic heterocycles. The fourth-order valence-corrected chi connectivity index (χ4v) is 1.77. The Morgan fingerprint density at radius 2 is 1.75 bits per heavy atom. The molecule has 2 heteroatoms. The van der Waals surface area contributed by atoms with Gasteiger partial charge in [-0.3, -0.25) is 4.79 Å². The molecule has 1 rings (SSSR count). The predicted octanol–water partition coefficient (Wildman–Crippen LogP) is 3.05. The van der Waals surface area contributed by atoms with Crippen LogP contribution in [0.3, 0.4) is 0 Å². The van der Waals surface area contributed by atoms with Crippen LogP contribution in [0.5, 0.6) is 0 Å². The van der Waals surface area contributed by atoms with E-state index in [-0.39, 0.29) is 5.78 Å². The first-order valence-electron chi connectivity index (χ1n) is 5.48. The van der Waals surface area contributed by atoms with Crippen LogP contribution >= 0.6 is 0 Å². The molecule has 0 atom stereocenters. The van der Waals surface area contributed by atoms with Crippen LogP contribution in [0, 0.1) is 11.5 Å². The molecule has 0 fully saturated rings. The van der Waals surface area contributed by atoms with Crippen molar-refractivity contribution in [1.29, 1.82) is 0 Å². The zero-order chi connectivity index (χ0) is 12.2. The van der Waals surface area contributed by atoms with Gasteiger partial charge in [-0.25, -0.2) is 0 Å². The van der Waals surface area contributed by atoms with Crippen molar-refractivity contribution in [3.8, 4) is 11.5 Å². The zero-order valence-electron chi connectivity index (χ0n) is 10.4. The molecule has 1 aromatic rings. The second-order valence-corrected chi connectivity index (χ2v) is 9.83. The summed E-state index contributed by atoms with van der Waals surface area (Å²) in [7, 11) is -1.30. The summed E-state index contributed by atoms with van der Waals surface area (Å²) in [4.78, 5) is 10.9. The van der Waals surface area contributed by atoms with Crippen molar-refractivity contribution in [1.82, 2.24) is 0 Å². The Morgan fingerprint density at radius 3 is 2.19 bits per heavy atom. The van der Waals surface area contributed by atoms with E-state index in [9.17, 15) is 4.79 Å². The molecule has 0 aliphatic rings. The van der Waals surface area contributed by atoms with Crippen LogP contribution in [0.2, 0.25) is 19.6 Å². The molecule has 0 saturated carbocycles. The SMILES string of the molecule is CC(=O)Cc1ccc(C#C[Si](C)(C)C)cc1. The smallest absolute Gasteiger partial charge is 0.134 e. The summed E-state index contributed by atoms with van der Waals surface area (Å²) in [6, 6.07) is 7.95. The fraction of sp³-hybridized carbons (Fsp3) is 0.357. The third-order valence-corrected chi connectivity index (χ3v) is 2.86. The van der Waals surface area contributed by atoms with Crippen molar-refractivity contribution in [3.05, 3.63) is 35.4 Å². The molecule has 84 valence electrons. The van der Waals surface area contributed by atoms with Gasteiger partial charge in [0.25, 0.3) is 0 Å². The highest BCUT2D eigenvalue weighted by Crippen LogP contribution is 2.05. The van der Waals surface area contributed by atoms with Crippen LogP contribution in [0.15, 0.2) is 24.3 Å². The van der Waals surface area contributed by atoms with E-state index in [4.69, 9.17) is 0 Å². The maximum absolute atomic E-state index is 10.9. The van der Waals surface area contributed by atoms with E-state index < -0.39 is 8.07 Å². The van der Waals surface area contributed by atoms with E-state index in [0.717, 1.165) is 11.1 Å². The van der Waals surface area contributed by atoms with Crippen molar-refractivity contribution < 1.29 is 4.79 Å². The summed E-state index contributed by atoms with van der Waals surface area (Å²) in [5, 5.41) is 0. The maximum Gasteiger partial charge on any atom is 0.134 e. The average Bonchev–Trinajstić information content (AvgIpc) is 2.14. The van der Waals surface area contributed by atoms with Crippen LogP contribution in [-0.2, 0) is 11.2 Å². The van der Waals surface area contributed by atoms with Gasteiger partial charge in [0.05, 0.1) is 0 Å². The molecule has 1 nitrogen and oxygen atoms in total. The van der Waals surface area contributed by atoms with E-state index in [1.807, 2.05) is 24.3 Å². The van der Waals surface area contributed by atoms with Crippen molar-refractivity contribution >= 4 is 13.9 Å². The van der Waals surface area contributed by atoms with Crippen molar-refractivity contribution in [2.75, 3.05) is 0 Å². The predicted molar refractivity (Wildman–Crippen MR) is 71.1 cm³/mol. The highest BCUT2D eigenvalue weighted by Gasteiger charge is 2.07. The average molecular weight is 230 g/mol. The molecule has 0 aliphatic heterocycles. The molecule has 0 radical (unpaired) electrons. The largest absolute Gasteiger partial charge is 0.300 e. The van der Waals surface area contributed by atoms with Crippen LogP contribution in [-0.4, -0.2) is 13.9 Å². The van der Waals surface area contributed by atoms with Crippen molar-refractivity contribution in [3.63, 3.8) is 0 Å². The summed E-state index contributed by atoms with van der Waals surface area (Å²) in [5.74, 6) is 3.39. The minimum absolute atomic E-state index is 0.195. The van der Waals surface area contributed by atoms with E-state index in [1.54, 1.807) is 6.92 Å². The Kier molecular flexibility index (Phi) is 4.09. The first kappa shape index (κ1) is 12.7. The van der Waals surface area contributed by atoms with Crippen molar-refractivity contribution in [2.45, 2.75) is 33.0 Å². The van der Waals surface area contributed by atoms with Gasteiger partial charge in [0.15, 0.2) is 0 Å². The van der Waals surface area contributed by atoms with Gasteiger partial charge < -0.3 is 0 Å². The van der Waals surface area contributed by atoms with Gasteiger partial charge >= 0.3 is 0 Å². The summed E-state index contributed by atoms with van der Waals surface area (Å²) in [6.07, 6.45) is 0.516. The molecule has 0 heterocycles. The number of Topliss-reactive ketones (excluding diaryl/α,β-unsaturated/α-hetero) is 1. The lowest BCUT2D eigenvalue weighted by molar-refractivity contribution is -0.116. The van der Waals surface area contributed by atoms with Gasteiger partial charge in [0.2, 0.25) is 0 Å². The Hall–Kier alpha value is -1.33. The highest BCUT2D eigenvalue weighted by atomic mass is 28.3. The number of carbonyl (C=O) groups is 1. The van der Waals surface area contributed by atoms with Gasteiger partial charge in [-0.1, -0.05) is 37.7 Å². The second kappa shape index (κ2) is 5.13. The molecule has 0 N–H and O–H groups in total. The van der Waals surface area contributed by atoms with Crippen LogP contribution in [0.25, 0.3) is 0 Å². The Morgan fingerprint density at radius 1 is 1.19 bits per heavy atom. The number of carbonyl (C=O) groups excluding carboxylic acids is 1. The molecule has 0 unspecified atom stereocenters. The molecule has 0 spiro atoms. The third kappa shape index (κ3) is 4.95. The number of benzene rings is 1. The summed E-state index contributed by atoms with van der Waals surface area (Å²) >= 11 is 0. The van der Waals surface area contributed by atoms with E-state index in [1.165, 1.54) is 0 Å². The lowest BCUT2D eigenvalue weighted by Crippen LogP contribution is -2.16. The lowest BCUT2D eigenvalue weighted by atomic mass is 10.1. The molecule has 1 aromatic carbocycles. The van der Waals surface area contributed by atoms with Crippen LogP contribution in [0.4, 0.5) is 0 Å².